The van der Waals surface area contributed by atoms with Gasteiger partial charge in [0.25, 0.3) is 0 Å². The highest BCUT2D eigenvalue weighted by Gasteiger charge is 2.07. The smallest absolute Gasteiger partial charge is 0.0465 e. The minimum absolute atomic E-state index is 0.467. The van der Waals surface area contributed by atoms with Crippen molar-refractivity contribution in [2.24, 2.45) is 5.92 Å². The summed E-state index contributed by atoms with van der Waals surface area (Å²) in [6, 6.07) is 14.6. The van der Waals surface area contributed by atoms with Crippen LogP contribution < -0.4 is 5.32 Å². The Morgan fingerprint density at radius 1 is 0.957 bits per heavy atom. The van der Waals surface area contributed by atoms with E-state index in [1.165, 1.54) is 11.1 Å². The van der Waals surface area contributed by atoms with Gasteiger partial charge in [-0.05, 0) is 47.1 Å². The average Bonchev–Trinajstić information content (AvgIpc) is 2.49. The molecule has 0 heterocycles. The largest absolute Gasteiger partial charge is 0.312 e. The standard InChI is InChI=1S/C20H25Cl2N/c1-14(2)10-16-4-6-17(7-5-16)15(3)12-23-13-18-8-9-19(21)11-20(18)22/h4-9,11,14-15,23H,10,12-13H2,1-3H3. The lowest BCUT2D eigenvalue weighted by Gasteiger charge is -2.15. The first kappa shape index (κ1) is 18.3. The number of halogens is 2. The SMILES string of the molecule is CC(C)Cc1ccc(C(C)CNCc2ccc(Cl)cc2Cl)cc1. The molecule has 1 atom stereocenters. The molecule has 0 aliphatic heterocycles. The van der Waals surface area contributed by atoms with Crippen LogP contribution in [0.1, 0.15) is 43.4 Å². The summed E-state index contributed by atoms with van der Waals surface area (Å²) in [5.74, 6) is 1.17. The van der Waals surface area contributed by atoms with Gasteiger partial charge < -0.3 is 5.32 Å². The molecule has 0 saturated heterocycles. The molecule has 23 heavy (non-hydrogen) atoms. The molecule has 1 N–H and O–H groups in total. The molecule has 0 aliphatic carbocycles. The van der Waals surface area contributed by atoms with Crippen LogP contribution in [0.2, 0.25) is 10.0 Å². The van der Waals surface area contributed by atoms with Crippen molar-refractivity contribution >= 4 is 23.2 Å². The van der Waals surface area contributed by atoms with Crippen LogP contribution in [0, 0.1) is 5.92 Å². The molecule has 0 amide bonds. The molecule has 0 aromatic heterocycles. The highest BCUT2D eigenvalue weighted by molar-refractivity contribution is 6.35. The predicted molar refractivity (Wildman–Crippen MR) is 102 cm³/mol. The zero-order chi connectivity index (χ0) is 16.8. The molecule has 0 bridgehead atoms. The van der Waals surface area contributed by atoms with Crippen LogP contribution in [0.15, 0.2) is 42.5 Å². The van der Waals surface area contributed by atoms with Crippen molar-refractivity contribution in [3.63, 3.8) is 0 Å². The third-order valence-corrected chi connectivity index (χ3v) is 4.56. The quantitative estimate of drug-likeness (QED) is 0.638. The topological polar surface area (TPSA) is 12.0 Å². The number of benzene rings is 2. The van der Waals surface area contributed by atoms with Crippen LogP contribution >= 0.6 is 23.2 Å². The van der Waals surface area contributed by atoms with Gasteiger partial charge in [0.15, 0.2) is 0 Å². The predicted octanol–water partition coefficient (Wildman–Crippen LogP) is 6.09. The Kier molecular flexibility index (Phi) is 6.95. The highest BCUT2D eigenvalue weighted by Crippen LogP contribution is 2.21. The second kappa shape index (κ2) is 8.73. The average molecular weight is 350 g/mol. The van der Waals surface area contributed by atoms with E-state index in [1.807, 2.05) is 12.1 Å². The first-order valence-corrected chi connectivity index (χ1v) is 8.94. The van der Waals surface area contributed by atoms with Crippen molar-refractivity contribution in [1.29, 1.82) is 0 Å². The lowest BCUT2D eigenvalue weighted by atomic mass is 9.97. The third kappa shape index (κ3) is 5.84. The van der Waals surface area contributed by atoms with Crippen molar-refractivity contribution in [3.8, 4) is 0 Å². The Morgan fingerprint density at radius 2 is 1.65 bits per heavy atom. The molecule has 2 aromatic carbocycles. The third-order valence-electron chi connectivity index (χ3n) is 3.97. The Balaban J connectivity index is 1.85. The summed E-state index contributed by atoms with van der Waals surface area (Å²) >= 11 is 12.1. The van der Waals surface area contributed by atoms with E-state index in [4.69, 9.17) is 23.2 Å². The van der Waals surface area contributed by atoms with Gasteiger partial charge in [0.05, 0.1) is 0 Å². The number of rotatable bonds is 7. The van der Waals surface area contributed by atoms with E-state index in [2.05, 4.69) is 50.4 Å². The summed E-state index contributed by atoms with van der Waals surface area (Å²) in [6.07, 6.45) is 1.14. The van der Waals surface area contributed by atoms with Gasteiger partial charge in [-0.3, -0.25) is 0 Å². The highest BCUT2D eigenvalue weighted by atomic mass is 35.5. The van der Waals surface area contributed by atoms with Gasteiger partial charge in [0.2, 0.25) is 0 Å². The zero-order valence-electron chi connectivity index (χ0n) is 14.1. The van der Waals surface area contributed by atoms with E-state index < -0.39 is 0 Å². The van der Waals surface area contributed by atoms with Crippen molar-refractivity contribution in [2.75, 3.05) is 6.54 Å². The van der Waals surface area contributed by atoms with Gasteiger partial charge in [0, 0.05) is 23.1 Å². The summed E-state index contributed by atoms with van der Waals surface area (Å²) in [4.78, 5) is 0. The maximum absolute atomic E-state index is 6.20. The molecule has 0 fully saturated rings. The van der Waals surface area contributed by atoms with Crippen molar-refractivity contribution in [1.82, 2.24) is 5.32 Å². The first-order chi connectivity index (χ1) is 11.0. The summed E-state index contributed by atoms with van der Waals surface area (Å²) in [7, 11) is 0. The van der Waals surface area contributed by atoms with E-state index in [0.29, 0.717) is 16.9 Å². The van der Waals surface area contributed by atoms with E-state index in [9.17, 15) is 0 Å². The minimum atomic E-state index is 0.467. The second-order valence-electron chi connectivity index (χ2n) is 6.61. The van der Waals surface area contributed by atoms with Crippen LogP contribution in [-0.2, 0) is 13.0 Å². The van der Waals surface area contributed by atoms with E-state index >= 15 is 0 Å². The maximum Gasteiger partial charge on any atom is 0.0465 e. The Hall–Kier alpha value is -1.02. The summed E-state index contributed by atoms with van der Waals surface area (Å²) in [5.41, 5.74) is 3.86. The monoisotopic (exact) mass is 349 g/mol. The fraction of sp³-hybridized carbons (Fsp3) is 0.400. The van der Waals surface area contributed by atoms with E-state index in [1.54, 1.807) is 6.07 Å². The molecule has 2 aromatic rings. The Morgan fingerprint density at radius 3 is 2.26 bits per heavy atom. The van der Waals surface area contributed by atoms with Crippen molar-refractivity contribution < 1.29 is 0 Å². The van der Waals surface area contributed by atoms with Crippen LogP contribution in [0.25, 0.3) is 0 Å². The molecule has 0 spiro atoms. The lowest BCUT2D eigenvalue weighted by molar-refractivity contribution is 0.614. The van der Waals surface area contributed by atoms with Crippen molar-refractivity contribution in [3.05, 3.63) is 69.2 Å². The molecule has 1 unspecified atom stereocenters. The number of hydrogen-bond acceptors (Lipinski definition) is 1. The van der Waals surface area contributed by atoms with Gasteiger partial charge >= 0.3 is 0 Å². The van der Waals surface area contributed by atoms with Gasteiger partial charge in [-0.25, -0.2) is 0 Å². The normalized spacial score (nSPS) is 12.6. The van der Waals surface area contributed by atoms with Crippen molar-refractivity contribution in [2.45, 2.75) is 39.7 Å². The second-order valence-corrected chi connectivity index (χ2v) is 7.45. The molecule has 2 rings (SSSR count). The fourth-order valence-corrected chi connectivity index (χ4v) is 3.14. The maximum atomic E-state index is 6.20. The zero-order valence-corrected chi connectivity index (χ0v) is 15.6. The lowest BCUT2D eigenvalue weighted by Crippen LogP contribution is -2.19. The molecular weight excluding hydrogens is 325 g/mol. The molecule has 124 valence electrons. The van der Waals surface area contributed by atoms with E-state index in [-0.39, 0.29) is 0 Å². The Bertz CT molecular complexity index is 620. The van der Waals surface area contributed by atoms with Gasteiger partial charge in [0.1, 0.15) is 0 Å². The fourth-order valence-electron chi connectivity index (χ4n) is 2.66. The number of nitrogens with one attached hydrogen (secondary N) is 1. The molecular formula is C20H25Cl2N. The summed E-state index contributed by atoms with van der Waals surface area (Å²) in [5, 5.41) is 4.87. The van der Waals surface area contributed by atoms with Crippen LogP contribution in [-0.4, -0.2) is 6.54 Å². The first-order valence-electron chi connectivity index (χ1n) is 8.19. The van der Waals surface area contributed by atoms with Crippen LogP contribution in [0.3, 0.4) is 0 Å². The minimum Gasteiger partial charge on any atom is -0.312 e. The molecule has 0 radical (unpaired) electrons. The molecule has 0 aliphatic rings. The van der Waals surface area contributed by atoms with Gasteiger partial charge in [-0.2, -0.15) is 0 Å². The number of hydrogen-bond donors (Lipinski definition) is 1. The molecule has 1 nitrogen and oxygen atoms in total. The summed E-state index contributed by atoms with van der Waals surface area (Å²) in [6.45, 7) is 8.42. The van der Waals surface area contributed by atoms with Crippen LogP contribution in [0.5, 0.6) is 0 Å². The summed E-state index contributed by atoms with van der Waals surface area (Å²) < 4.78 is 0. The van der Waals surface area contributed by atoms with Gasteiger partial charge in [-0.1, -0.05) is 74.3 Å². The Labute approximate surface area is 150 Å². The van der Waals surface area contributed by atoms with E-state index in [0.717, 1.165) is 30.1 Å². The molecule has 0 saturated carbocycles. The van der Waals surface area contributed by atoms with Gasteiger partial charge in [-0.15, -0.1) is 0 Å². The van der Waals surface area contributed by atoms with Crippen LogP contribution in [0.4, 0.5) is 0 Å². The molecule has 3 heteroatoms.